The summed E-state index contributed by atoms with van der Waals surface area (Å²) in [5, 5.41) is 0. The van der Waals surface area contributed by atoms with Crippen molar-refractivity contribution >= 4 is 33.2 Å². The van der Waals surface area contributed by atoms with Gasteiger partial charge in [0, 0.05) is 10.2 Å². The Balaban J connectivity index is 2.17. The highest BCUT2D eigenvalue weighted by molar-refractivity contribution is 9.10. The summed E-state index contributed by atoms with van der Waals surface area (Å²) in [5.41, 5.74) is 4.44. The van der Waals surface area contributed by atoms with Crippen LogP contribution < -0.4 is 4.90 Å². The first-order valence-electron chi connectivity index (χ1n) is 7.04. The Morgan fingerprint density at radius 3 is 2.52 bits per heavy atom. The summed E-state index contributed by atoms with van der Waals surface area (Å²) in [6.45, 7) is 3.64. The molecule has 2 aromatic rings. The Bertz CT molecular complexity index is 694. The van der Waals surface area contributed by atoms with E-state index < -0.39 is 0 Å². The van der Waals surface area contributed by atoms with E-state index in [0.717, 1.165) is 35.1 Å². The molecule has 0 unspecified atom stereocenters. The Labute approximate surface area is 133 Å². The Morgan fingerprint density at radius 2 is 1.81 bits per heavy atom. The maximum atomic E-state index is 12.4. The van der Waals surface area contributed by atoms with Gasteiger partial charge in [-0.2, -0.15) is 0 Å². The highest BCUT2D eigenvalue weighted by Crippen LogP contribution is 2.38. The van der Waals surface area contributed by atoms with Gasteiger partial charge in [0.15, 0.2) is 0 Å². The molecule has 0 saturated heterocycles. The molecular weight excluding hydrogens is 326 g/mol. The number of anilines is 2. The second-order valence-corrected chi connectivity index (χ2v) is 5.94. The monoisotopic (exact) mass is 341 g/mol. The minimum absolute atomic E-state index is 0.0994. The van der Waals surface area contributed by atoms with Crippen LogP contribution in [0.3, 0.4) is 0 Å². The predicted molar refractivity (Wildman–Crippen MR) is 90.0 cm³/mol. The largest absolute Gasteiger partial charge is 0.277 e. The first kappa shape index (κ1) is 14.1. The molecule has 0 aromatic heterocycles. The molecule has 1 aliphatic carbocycles. The van der Waals surface area contributed by atoms with E-state index in [9.17, 15) is 4.79 Å². The lowest BCUT2D eigenvalue weighted by Gasteiger charge is -2.24. The summed E-state index contributed by atoms with van der Waals surface area (Å²) in [5.74, 6) is -0.0994. The first-order valence-corrected chi connectivity index (χ1v) is 7.83. The molecule has 0 radical (unpaired) electrons. The van der Waals surface area contributed by atoms with Gasteiger partial charge in [0.1, 0.15) is 0 Å². The van der Waals surface area contributed by atoms with Crippen molar-refractivity contribution in [2.45, 2.75) is 19.3 Å². The maximum absolute atomic E-state index is 12.4. The molecule has 0 fully saturated rings. The van der Waals surface area contributed by atoms with Gasteiger partial charge < -0.3 is 0 Å². The summed E-state index contributed by atoms with van der Waals surface area (Å²) in [6, 6.07) is 13.8. The van der Waals surface area contributed by atoms with Crippen molar-refractivity contribution < 1.29 is 4.79 Å². The Morgan fingerprint density at radius 1 is 1.10 bits per heavy atom. The predicted octanol–water partition coefficient (Wildman–Crippen LogP) is 4.79. The average Bonchev–Trinajstić information content (AvgIpc) is 3.01. The number of nitrogens with zero attached hydrogens (tertiary/aromatic N) is 1. The number of hydrogen-bond acceptors (Lipinski definition) is 1. The maximum Gasteiger partial charge on any atom is 0.254 e. The van der Waals surface area contributed by atoms with Gasteiger partial charge in [0.25, 0.3) is 5.91 Å². The molecule has 0 N–H and O–H groups in total. The first-order chi connectivity index (χ1) is 10.2. The summed E-state index contributed by atoms with van der Waals surface area (Å²) < 4.78 is 1.14. The molecule has 0 aliphatic heterocycles. The van der Waals surface area contributed by atoms with Crippen molar-refractivity contribution in [2.75, 3.05) is 4.90 Å². The molecule has 0 atom stereocenters. The smallest absolute Gasteiger partial charge is 0.254 e. The summed E-state index contributed by atoms with van der Waals surface area (Å²) in [6.07, 6.45) is 4.58. The average molecular weight is 342 g/mol. The third-order valence-electron chi connectivity index (χ3n) is 3.85. The molecule has 106 valence electrons. The van der Waals surface area contributed by atoms with Crippen LogP contribution in [0.25, 0.3) is 0 Å². The molecule has 0 spiro atoms. The Hall–Kier alpha value is -1.87. The van der Waals surface area contributed by atoms with Gasteiger partial charge in [0.05, 0.1) is 5.69 Å². The quantitative estimate of drug-likeness (QED) is 0.735. The van der Waals surface area contributed by atoms with E-state index in [-0.39, 0.29) is 5.91 Å². The fourth-order valence-electron chi connectivity index (χ4n) is 2.91. The number of fused-ring (bicyclic) bond motifs is 1. The summed E-state index contributed by atoms with van der Waals surface area (Å²) >= 11 is 3.62. The van der Waals surface area contributed by atoms with Crippen molar-refractivity contribution in [1.29, 1.82) is 0 Å². The number of benzene rings is 2. The molecule has 2 aromatic carbocycles. The van der Waals surface area contributed by atoms with Crippen molar-refractivity contribution in [1.82, 2.24) is 0 Å². The summed E-state index contributed by atoms with van der Waals surface area (Å²) in [4.78, 5) is 14.1. The van der Waals surface area contributed by atoms with E-state index in [1.807, 2.05) is 42.5 Å². The number of carbonyl (C=O) groups excluding carboxylic acids is 1. The summed E-state index contributed by atoms with van der Waals surface area (Å²) in [7, 11) is 0. The van der Waals surface area contributed by atoms with E-state index in [2.05, 4.69) is 22.5 Å². The van der Waals surface area contributed by atoms with Gasteiger partial charge in [-0.1, -0.05) is 40.7 Å². The second kappa shape index (κ2) is 5.86. The molecule has 3 rings (SSSR count). The van der Waals surface area contributed by atoms with Gasteiger partial charge >= 0.3 is 0 Å². The molecule has 1 aliphatic rings. The number of carbonyl (C=O) groups is 1. The number of rotatable bonds is 3. The highest BCUT2D eigenvalue weighted by atomic mass is 79.9. The van der Waals surface area contributed by atoms with Crippen LogP contribution in [0.4, 0.5) is 11.4 Å². The van der Waals surface area contributed by atoms with Gasteiger partial charge in [-0.05, 0) is 60.7 Å². The van der Waals surface area contributed by atoms with Crippen molar-refractivity contribution in [3.05, 3.63) is 70.7 Å². The minimum atomic E-state index is -0.0994. The van der Waals surface area contributed by atoms with E-state index in [0.29, 0.717) is 0 Å². The minimum Gasteiger partial charge on any atom is -0.277 e. The van der Waals surface area contributed by atoms with E-state index in [1.165, 1.54) is 17.2 Å². The number of amides is 1. The van der Waals surface area contributed by atoms with Crippen molar-refractivity contribution in [3.63, 3.8) is 0 Å². The van der Waals surface area contributed by atoms with Crippen LogP contribution >= 0.6 is 15.9 Å². The van der Waals surface area contributed by atoms with Gasteiger partial charge in [0.2, 0.25) is 0 Å². The molecular formula is C18H16BrNO. The third kappa shape index (κ3) is 2.54. The normalized spacial score (nSPS) is 12.8. The zero-order valence-corrected chi connectivity index (χ0v) is 13.3. The lowest BCUT2D eigenvalue weighted by molar-refractivity contribution is -0.113. The van der Waals surface area contributed by atoms with Gasteiger partial charge in [-0.3, -0.25) is 9.69 Å². The molecule has 0 saturated carbocycles. The van der Waals surface area contributed by atoms with Crippen molar-refractivity contribution in [2.24, 2.45) is 0 Å². The fourth-order valence-corrected chi connectivity index (χ4v) is 3.48. The van der Waals surface area contributed by atoms with Crippen LogP contribution in [0, 0.1) is 0 Å². The zero-order valence-electron chi connectivity index (χ0n) is 11.7. The van der Waals surface area contributed by atoms with Gasteiger partial charge in [-0.15, -0.1) is 0 Å². The van der Waals surface area contributed by atoms with E-state index in [4.69, 9.17) is 0 Å². The van der Waals surface area contributed by atoms with E-state index >= 15 is 0 Å². The van der Waals surface area contributed by atoms with Crippen LogP contribution in [-0.2, 0) is 17.6 Å². The molecule has 1 amide bonds. The zero-order chi connectivity index (χ0) is 14.8. The SMILES string of the molecule is C=CC(=O)N(c1ccccc1)c1ccc(Br)c2c1CCC2. The lowest BCUT2D eigenvalue weighted by atomic mass is 10.1. The lowest BCUT2D eigenvalue weighted by Crippen LogP contribution is -2.24. The van der Waals surface area contributed by atoms with Crippen LogP contribution in [-0.4, -0.2) is 5.91 Å². The van der Waals surface area contributed by atoms with Crippen LogP contribution in [0.15, 0.2) is 59.6 Å². The molecule has 0 bridgehead atoms. The topological polar surface area (TPSA) is 20.3 Å². The number of para-hydroxylation sites is 1. The molecule has 0 heterocycles. The number of hydrogen-bond donors (Lipinski definition) is 0. The van der Waals surface area contributed by atoms with Crippen molar-refractivity contribution in [3.8, 4) is 0 Å². The Kier molecular flexibility index (Phi) is 3.93. The molecule has 21 heavy (non-hydrogen) atoms. The van der Waals surface area contributed by atoms with Crippen LogP contribution in [0.5, 0.6) is 0 Å². The highest BCUT2D eigenvalue weighted by Gasteiger charge is 2.24. The molecule has 3 heteroatoms. The fraction of sp³-hybridized carbons (Fsp3) is 0.167. The van der Waals surface area contributed by atoms with Gasteiger partial charge in [-0.25, -0.2) is 0 Å². The van der Waals surface area contributed by atoms with Crippen LogP contribution in [0.2, 0.25) is 0 Å². The standard InChI is InChI=1S/C18H16BrNO/c1-2-18(21)20(13-7-4-3-5-8-13)17-12-11-16(19)14-9-6-10-15(14)17/h2-5,7-8,11-12H,1,6,9-10H2. The second-order valence-electron chi connectivity index (χ2n) is 5.09. The molecule has 2 nitrogen and oxygen atoms in total. The number of halogens is 1. The van der Waals surface area contributed by atoms with Crippen LogP contribution in [0.1, 0.15) is 17.5 Å². The third-order valence-corrected chi connectivity index (χ3v) is 4.60. The van der Waals surface area contributed by atoms with E-state index in [1.54, 1.807) is 4.90 Å².